The summed E-state index contributed by atoms with van der Waals surface area (Å²) in [5.41, 5.74) is 7.21. The average Bonchev–Trinajstić information content (AvgIpc) is 3.05. The third kappa shape index (κ3) is 4.18. The van der Waals surface area contributed by atoms with E-state index in [2.05, 4.69) is 22.3 Å². The van der Waals surface area contributed by atoms with Crippen LogP contribution >= 0.6 is 11.6 Å². The summed E-state index contributed by atoms with van der Waals surface area (Å²) in [6, 6.07) is 14.7. The Hall–Kier alpha value is -2.37. The van der Waals surface area contributed by atoms with Gasteiger partial charge in [0.15, 0.2) is 0 Å². The molecule has 0 unspecified atom stereocenters. The maximum absolute atomic E-state index is 12.7. The first-order valence-electron chi connectivity index (χ1n) is 8.23. The number of benzene rings is 2. The first-order valence-corrected chi connectivity index (χ1v) is 8.60. The summed E-state index contributed by atoms with van der Waals surface area (Å²) in [7, 11) is 0. The molecule has 1 atom stereocenters. The van der Waals surface area contributed by atoms with Gasteiger partial charge < -0.3 is 11.1 Å². The van der Waals surface area contributed by atoms with Crippen molar-refractivity contribution in [3.05, 3.63) is 64.7 Å². The highest BCUT2D eigenvalue weighted by Crippen LogP contribution is 2.24. The van der Waals surface area contributed by atoms with Crippen LogP contribution in [0.5, 0.6) is 0 Å². The SMILES string of the molecule is NC(=O)c1cc(NC(=O)[C@H]2CCCN2Cc2ccccc2)ccc1Cl. The van der Waals surface area contributed by atoms with Crippen molar-refractivity contribution in [2.24, 2.45) is 5.73 Å². The fourth-order valence-corrected chi connectivity index (χ4v) is 3.36. The van der Waals surface area contributed by atoms with Gasteiger partial charge >= 0.3 is 0 Å². The molecule has 5 nitrogen and oxygen atoms in total. The smallest absolute Gasteiger partial charge is 0.250 e. The second kappa shape index (κ2) is 7.68. The predicted octanol–water partition coefficient (Wildman–Crippen LogP) is 3.04. The maximum Gasteiger partial charge on any atom is 0.250 e. The number of nitrogens with zero attached hydrogens (tertiary/aromatic N) is 1. The van der Waals surface area contributed by atoms with Crippen molar-refractivity contribution >= 4 is 29.1 Å². The number of likely N-dealkylation sites (tertiary alicyclic amines) is 1. The van der Waals surface area contributed by atoms with Crippen molar-refractivity contribution in [1.82, 2.24) is 4.90 Å². The molecule has 1 aliphatic heterocycles. The number of hydrogen-bond donors (Lipinski definition) is 2. The van der Waals surface area contributed by atoms with Gasteiger partial charge in [0.2, 0.25) is 11.8 Å². The van der Waals surface area contributed by atoms with Crippen molar-refractivity contribution in [3.63, 3.8) is 0 Å². The molecule has 0 saturated carbocycles. The van der Waals surface area contributed by atoms with Gasteiger partial charge in [-0.25, -0.2) is 0 Å². The molecule has 3 rings (SSSR count). The molecule has 1 aliphatic rings. The Morgan fingerprint density at radius 1 is 1.20 bits per heavy atom. The van der Waals surface area contributed by atoms with Crippen LogP contribution in [0.1, 0.15) is 28.8 Å². The van der Waals surface area contributed by atoms with Crippen molar-refractivity contribution in [2.75, 3.05) is 11.9 Å². The zero-order valence-corrected chi connectivity index (χ0v) is 14.5. The van der Waals surface area contributed by atoms with Gasteiger partial charge in [-0.2, -0.15) is 0 Å². The molecule has 25 heavy (non-hydrogen) atoms. The third-order valence-corrected chi connectivity index (χ3v) is 4.72. The number of nitrogens with two attached hydrogens (primary N) is 1. The minimum atomic E-state index is -0.618. The largest absolute Gasteiger partial charge is 0.366 e. The molecule has 1 heterocycles. The van der Waals surface area contributed by atoms with Crippen LogP contribution in [0.3, 0.4) is 0 Å². The Labute approximate surface area is 151 Å². The van der Waals surface area contributed by atoms with Crippen LogP contribution in [0.15, 0.2) is 48.5 Å². The summed E-state index contributed by atoms with van der Waals surface area (Å²) in [6.45, 7) is 1.63. The van der Waals surface area contributed by atoms with Crippen LogP contribution in [-0.2, 0) is 11.3 Å². The van der Waals surface area contributed by atoms with Crippen molar-refractivity contribution in [2.45, 2.75) is 25.4 Å². The van der Waals surface area contributed by atoms with Gasteiger partial charge in [-0.15, -0.1) is 0 Å². The fraction of sp³-hybridized carbons (Fsp3) is 0.263. The minimum Gasteiger partial charge on any atom is -0.366 e. The van der Waals surface area contributed by atoms with Gasteiger partial charge in [-0.3, -0.25) is 14.5 Å². The number of nitrogens with one attached hydrogen (secondary N) is 1. The van der Waals surface area contributed by atoms with Crippen LogP contribution in [0, 0.1) is 0 Å². The topological polar surface area (TPSA) is 75.4 Å². The molecule has 0 radical (unpaired) electrons. The fourth-order valence-electron chi connectivity index (χ4n) is 3.15. The first-order chi connectivity index (χ1) is 12.0. The van der Waals surface area contributed by atoms with Crippen LogP contribution < -0.4 is 11.1 Å². The summed E-state index contributed by atoms with van der Waals surface area (Å²) in [4.78, 5) is 26.2. The third-order valence-electron chi connectivity index (χ3n) is 4.39. The van der Waals surface area contributed by atoms with E-state index in [-0.39, 0.29) is 22.5 Å². The van der Waals surface area contributed by atoms with E-state index in [1.807, 2.05) is 18.2 Å². The zero-order valence-electron chi connectivity index (χ0n) is 13.7. The van der Waals surface area contributed by atoms with E-state index >= 15 is 0 Å². The molecule has 0 aliphatic carbocycles. The van der Waals surface area contributed by atoms with Crippen molar-refractivity contribution in [1.29, 1.82) is 0 Å². The molecule has 0 bridgehead atoms. The van der Waals surface area contributed by atoms with E-state index in [0.29, 0.717) is 5.69 Å². The number of amides is 2. The maximum atomic E-state index is 12.7. The minimum absolute atomic E-state index is 0.0776. The molecule has 130 valence electrons. The molecule has 2 aromatic carbocycles. The molecule has 6 heteroatoms. The number of anilines is 1. The molecule has 1 saturated heterocycles. The molecule has 0 aromatic heterocycles. The van der Waals surface area contributed by atoms with Crippen molar-refractivity contribution in [3.8, 4) is 0 Å². The highest BCUT2D eigenvalue weighted by Gasteiger charge is 2.30. The lowest BCUT2D eigenvalue weighted by Gasteiger charge is -2.23. The van der Waals surface area contributed by atoms with E-state index in [1.165, 1.54) is 11.6 Å². The van der Waals surface area contributed by atoms with E-state index in [4.69, 9.17) is 17.3 Å². The van der Waals surface area contributed by atoms with Gasteiger partial charge in [-0.05, 0) is 43.1 Å². The second-order valence-electron chi connectivity index (χ2n) is 6.16. The number of carbonyl (C=O) groups is 2. The van der Waals surface area contributed by atoms with E-state index in [1.54, 1.807) is 12.1 Å². The van der Waals surface area contributed by atoms with Gasteiger partial charge in [0.05, 0.1) is 16.6 Å². The van der Waals surface area contributed by atoms with E-state index < -0.39 is 5.91 Å². The van der Waals surface area contributed by atoms with Crippen LogP contribution in [0.25, 0.3) is 0 Å². The summed E-state index contributed by atoms with van der Waals surface area (Å²) < 4.78 is 0. The second-order valence-corrected chi connectivity index (χ2v) is 6.57. The highest BCUT2D eigenvalue weighted by atomic mass is 35.5. The monoisotopic (exact) mass is 357 g/mol. The van der Waals surface area contributed by atoms with Gasteiger partial charge in [0.1, 0.15) is 0 Å². The Bertz CT molecular complexity index is 779. The number of rotatable bonds is 5. The first kappa shape index (κ1) is 17.5. The normalized spacial score (nSPS) is 17.4. The summed E-state index contributed by atoms with van der Waals surface area (Å²) in [5, 5.41) is 3.15. The lowest BCUT2D eigenvalue weighted by Crippen LogP contribution is -2.39. The molecular weight excluding hydrogens is 338 g/mol. The number of hydrogen-bond acceptors (Lipinski definition) is 3. The molecular formula is C19H20ClN3O2. The summed E-state index contributed by atoms with van der Waals surface area (Å²) in [5.74, 6) is -0.696. The molecule has 1 fully saturated rings. The molecule has 0 spiro atoms. The van der Waals surface area contributed by atoms with Gasteiger partial charge in [0.25, 0.3) is 0 Å². The average molecular weight is 358 g/mol. The quantitative estimate of drug-likeness (QED) is 0.863. The van der Waals surface area contributed by atoms with Crippen LogP contribution in [0.4, 0.5) is 5.69 Å². The molecule has 3 N–H and O–H groups in total. The van der Waals surface area contributed by atoms with Gasteiger partial charge in [-0.1, -0.05) is 41.9 Å². The molecule has 2 amide bonds. The number of primary amides is 1. The zero-order chi connectivity index (χ0) is 17.8. The Balaban J connectivity index is 1.70. The lowest BCUT2D eigenvalue weighted by atomic mass is 10.1. The predicted molar refractivity (Wildman–Crippen MR) is 98.5 cm³/mol. The molecule has 2 aromatic rings. The Kier molecular flexibility index (Phi) is 5.36. The van der Waals surface area contributed by atoms with Crippen molar-refractivity contribution < 1.29 is 9.59 Å². The Morgan fingerprint density at radius 3 is 2.68 bits per heavy atom. The summed E-state index contributed by atoms with van der Waals surface area (Å²) >= 11 is 5.95. The standard InChI is InChI=1S/C19H20ClN3O2/c20-16-9-8-14(11-15(16)18(21)24)22-19(25)17-7-4-10-23(17)12-13-5-2-1-3-6-13/h1-3,5-6,8-9,11,17H,4,7,10,12H2,(H2,21,24)(H,22,25)/t17-/m1/s1. The Morgan fingerprint density at radius 2 is 1.96 bits per heavy atom. The van der Waals surface area contributed by atoms with E-state index in [0.717, 1.165) is 25.9 Å². The number of halogens is 1. The van der Waals surface area contributed by atoms with E-state index in [9.17, 15) is 9.59 Å². The van der Waals surface area contributed by atoms with Gasteiger partial charge in [0, 0.05) is 12.2 Å². The van der Waals surface area contributed by atoms with Crippen LogP contribution in [-0.4, -0.2) is 29.3 Å². The highest BCUT2D eigenvalue weighted by molar-refractivity contribution is 6.34. The van der Waals surface area contributed by atoms with Crippen LogP contribution in [0.2, 0.25) is 5.02 Å². The lowest BCUT2D eigenvalue weighted by molar-refractivity contribution is -0.120. The number of carbonyl (C=O) groups excluding carboxylic acids is 2. The summed E-state index contributed by atoms with van der Waals surface area (Å²) in [6.07, 6.45) is 1.80.